The molecule has 13 heavy (non-hydrogen) atoms. The van der Waals surface area contributed by atoms with Crippen molar-refractivity contribution in [3.05, 3.63) is 47.6 Å². The van der Waals surface area contributed by atoms with Crippen LogP contribution in [0.5, 0.6) is 0 Å². The molecule has 0 spiro atoms. The number of benzene rings is 1. The normalized spacial score (nSPS) is 10.7. The second-order valence-electron chi connectivity index (χ2n) is 3.31. The molecule has 0 radical (unpaired) electrons. The molecule has 0 saturated carbocycles. The maximum atomic E-state index is 3.82. The number of hydrogen-bond donors (Lipinski definition) is 0. The van der Waals surface area contributed by atoms with E-state index in [0.29, 0.717) is 0 Å². The first kappa shape index (κ1) is 10.2. The van der Waals surface area contributed by atoms with Crippen LogP contribution in [0.3, 0.4) is 0 Å². The van der Waals surface area contributed by atoms with E-state index in [1.807, 2.05) is 13.0 Å². The Kier molecular flexibility index (Phi) is 3.45. The average Bonchev–Trinajstić information content (AvgIpc) is 2.02. The third kappa shape index (κ3) is 3.16. The lowest BCUT2D eigenvalue weighted by Crippen LogP contribution is -1.96. The smallest absolute Gasteiger partial charge is 0.0185 e. The van der Waals surface area contributed by atoms with E-state index < -0.39 is 0 Å². The average molecular weight is 190 g/mol. The van der Waals surface area contributed by atoms with Crippen molar-refractivity contribution in [2.45, 2.75) is 13.8 Å². The molecule has 0 heterocycles. The standard InChI is InChI=1S/C12H15P/c1-9(2)4-6-11-7-5-10(3)8-12(11)13/h4-8H,1,13H2,2-3H3/b6-4+. The Hall–Kier alpha value is -0.870. The monoisotopic (exact) mass is 190 g/mol. The molecule has 0 aromatic heterocycles. The van der Waals surface area contributed by atoms with Gasteiger partial charge in [-0.05, 0) is 24.7 Å². The summed E-state index contributed by atoms with van der Waals surface area (Å²) in [5.41, 5.74) is 3.60. The van der Waals surface area contributed by atoms with Crippen LogP contribution in [0, 0.1) is 6.92 Å². The molecule has 1 aromatic rings. The molecule has 0 N–H and O–H groups in total. The van der Waals surface area contributed by atoms with Gasteiger partial charge < -0.3 is 0 Å². The predicted molar refractivity (Wildman–Crippen MR) is 64.4 cm³/mol. The van der Waals surface area contributed by atoms with E-state index in [4.69, 9.17) is 0 Å². The van der Waals surface area contributed by atoms with Crippen molar-refractivity contribution < 1.29 is 0 Å². The van der Waals surface area contributed by atoms with Crippen LogP contribution in [0.25, 0.3) is 6.08 Å². The fourth-order valence-electron chi connectivity index (χ4n) is 1.08. The van der Waals surface area contributed by atoms with E-state index in [9.17, 15) is 0 Å². The van der Waals surface area contributed by atoms with Gasteiger partial charge in [-0.3, -0.25) is 0 Å². The maximum absolute atomic E-state index is 3.82. The Morgan fingerprint density at radius 1 is 1.46 bits per heavy atom. The zero-order chi connectivity index (χ0) is 9.84. The SMILES string of the molecule is C=C(C)/C=C/c1ccc(C)cc1P. The largest absolute Gasteiger partial charge is 0.105 e. The summed E-state index contributed by atoms with van der Waals surface area (Å²) in [5.74, 6) is 0. The molecule has 0 aliphatic heterocycles. The molecule has 0 bridgehead atoms. The number of allylic oxidation sites excluding steroid dienone is 2. The van der Waals surface area contributed by atoms with E-state index in [1.54, 1.807) is 0 Å². The molecule has 0 nitrogen and oxygen atoms in total. The lowest BCUT2D eigenvalue weighted by Gasteiger charge is -2.00. The molecule has 1 atom stereocenters. The summed E-state index contributed by atoms with van der Waals surface area (Å²) in [6, 6.07) is 6.39. The molecule has 0 aliphatic carbocycles. The summed E-state index contributed by atoms with van der Waals surface area (Å²) in [7, 11) is 2.75. The molecule has 1 rings (SSSR count). The molecule has 68 valence electrons. The van der Waals surface area contributed by atoms with Gasteiger partial charge in [-0.15, -0.1) is 9.24 Å². The summed E-state index contributed by atoms with van der Waals surface area (Å²) in [6.45, 7) is 7.91. The van der Waals surface area contributed by atoms with Crippen molar-refractivity contribution in [2.75, 3.05) is 0 Å². The van der Waals surface area contributed by atoms with Crippen LogP contribution >= 0.6 is 9.24 Å². The highest BCUT2D eigenvalue weighted by Gasteiger charge is 1.93. The molecule has 1 aromatic carbocycles. The lowest BCUT2D eigenvalue weighted by atomic mass is 10.1. The van der Waals surface area contributed by atoms with Crippen molar-refractivity contribution in [1.82, 2.24) is 0 Å². The first-order chi connectivity index (χ1) is 6.09. The zero-order valence-electron chi connectivity index (χ0n) is 8.17. The highest BCUT2D eigenvalue weighted by Crippen LogP contribution is 2.07. The van der Waals surface area contributed by atoms with E-state index in [2.05, 4.69) is 47.0 Å². The molecule has 1 unspecified atom stereocenters. The van der Waals surface area contributed by atoms with Crippen molar-refractivity contribution in [1.29, 1.82) is 0 Å². The fraction of sp³-hybridized carbons (Fsp3) is 0.167. The Morgan fingerprint density at radius 2 is 2.15 bits per heavy atom. The summed E-state index contributed by atoms with van der Waals surface area (Å²) in [6.07, 6.45) is 4.11. The van der Waals surface area contributed by atoms with Crippen molar-refractivity contribution in [2.24, 2.45) is 0 Å². The minimum absolute atomic E-state index is 1.07. The van der Waals surface area contributed by atoms with Crippen molar-refractivity contribution in [3.63, 3.8) is 0 Å². The van der Waals surface area contributed by atoms with Crippen molar-refractivity contribution in [3.8, 4) is 0 Å². The van der Waals surface area contributed by atoms with Crippen LogP contribution in [-0.2, 0) is 0 Å². The minimum Gasteiger partial charge on any atom is -0.105 e. The third-order valence-electron chi connectivity index (χ3n) is 1.79. The fourth-order valence-corrected chi connectivity index (χ4v) is 1.53. The molecule has 0 fully saturated rings. The Balaban J connectivity index is 2.96. The minimum atomic E-state index is 1.07. The van der Waals surface area contributed by atoms with Crippen LogP contribution in [0.1, 0.15) is 18.1 Å². The first-order valence-corrected chi connectivity index (χ1v) is 4.87. The maximum Gasteiger partial charge on any atom is -0.0185 e. The Bertz CT molecular complexity index is 348. The van der Waals surface area contributed by atoms with E-state index in [1.165, 1.54) is 16.4 Å². The predicted octanol–water partition coefficient (Wildman–Crippen LogP) is 3.08. The van der Waals surface area contributed by atoms with Gasteiger partial charge in [0, 0.05) is 0 Å². The van der Waals surface area contributed by atoms with Gasteiger partial charge in [-0.1, -0.05) is 48.1 Å². The quantitative estimate of drug-likeness (QED) is 0.496. The van der Waals surface area contributed by atoms with E-state index in [-0.39, 0.29) is 0 Å². The Morgan fingerprint density at radius 3 is 2.69 bits per heavy atom. The van der Waals surface area contributed by atoms with Gasteiger partial charge in [0.25, 0.3) is 0 Å². The molecular formula is C12H15P. The molecule has 0 amide bonds. The van der Waals surface area contributed by atoms with Gasteiger partial charge in [0.15, 0.2) is 0 Å². The zero-order valence-corrected chi connectivity index (χ0v) is 9.33. The van der Waals surface area contributed by atoms with E-state index >= 15 is 0 Å². The highest BCUT2D eigenvalue weighted by molar-refractivity contribution is 7.27. The van der Waals surface area contributed by atoms with Crippen LogP contribution in [0.15, 0.2) is 36.4 Å². The summed E-state index contributed by atoms with van der Waals surface area (Å²) < 4.78 is 0. The van der Waals surface area contributed by atoms with Crippen LogP contribution in [0.4, 0.5) is 0 Å². The van der Waals surface area contributed by atoms with Crippen LogP contribution in [0.2, 0.25) is 0 Å². The topological polar surface area (TPSA) is 0 Å². The molecule has 0 aliphatic rings. The van der Waals surface area contributed by atoms with Gasteiger partial charge in [-0.25, -0.2) is 0 Å². The highest BCUT2D eigenvalue weighted by atomic mass is 31.0. The van der Waals surface area contributed by atoms with Gasteiger partial charge in [-0.2, -0.15) is 0 Å². The molecule has 0 saturated heterocycles. The summed E-state index contributed by atoms with van der Waals surface area (Å²) in [4.78, 5) is 0. The lowest BCUT2D eigenvalue weighted by molar-refractivity contribution is 1.48. The number of rotatable bonds is 2. The third-order valence-corrected chi connectivity index (χ3v) is 2.29. The number of aryl methyl sites for hydroxylation is 1. The van der Waals surface area contributed by atoms with Gasteiger partial charge in [0.05, 0.1) is 0 Å². The van der Waals surface area contributed by atoms with Gasteiger partial charge >= 0.3 is 0 Å². The van der Waals surface area contributed by atoms with Crippen LogP contribution < -0.4 is 5.30 Å². The second-order valence-corrected chi connectivity index (χ2v) is 3.93. The second kappa shape index (κ2) is 4.39. The van der Waals surface area contributed by atoms with Gasteiger partial charge in [0.1, 0.15) is 0 Å². The van der Waals surface area contributed by atoms with Crippen LogP contribution in [-0.4, -0.2) is 0 Å². The number of hydrogen-bond acceptors (Lipinski definition) is 0. The van der Waals surface area contributed by atoms with Gasteiger partial charge in [0.2, 0.25) is 0 Å². The summed E-state index contributed by atoms with van der Waals surface area (Å²) >= 11 is 0. The van der Waals surface area contributed by atoms with Crippen molar-refractivity contribution >= 4 is 20.6 Å². The van der Waals surface area contributed by atoms with E-state index in [0.717, 1.165) is 5.57 Å². The summed E-state index contributed by atoms with van der Waals surface area (Å²) in [5, 5.41) is 1.23. The molecular weight excluding hydrogens is 175 g/mol. The first-order valence-electron chi connectivity index (χ1n) is 4.29. The molecule has 1 heteroatoms. The Labute approximate surface area is 82.6 Å².